The Kier molecular flexibility index (Phi) is 7.17. The van der Waals surface area contributed by atoms with Gasteiger partial charge in [0.25, 0.3) is 0 Å². The largest absolute Gasteiger partial charge is 0.455 e. The van der Waals surface area contributed by atoms with Crippen molar-refractivity contribution in [3.8, 4) is 27.9 Å². The Bertz CT molecular complexity index is 2900. The number of nitrogens with zero attached hydrogens (tertiary/aromatic N) is 2. The molecule has 7 aromatic carbocycles. The highest BCUT2D eigenvalue weighted by Gasteiger charge is 2.42. The first kappa shape index (κ1) is 31.0. The Balaban J connectivity index is 1.06. The zero-order chi connectivity index (χ0) is 35.6. The van der Waals surface area contributed by atoms with Crippen molar-refractivity contribution in [2.24, 2.45) is 5.92 Å². The van der Waals surface area contributed by atoms with Crippen molar-refractivity contribution in [2.75, 3.05) is 4.90 Å². The average Bonchev–Trinajstić information content (AvgIpc) is 3.77. The van der Waals surface area contributed by atoms with Crippen molar-refractivity contribution in [2.45, 2.75) is 18.8 Å². The number of allylic oxidation sites excluding steroid dienone is 3. The number of hydrogen-bond acceptors (Lipinski definition) is 3. The number of para-hydroxylation sites is 2. The van der Waals surface area contributed by atoms with Crippen LogP contribution in [0.15, 0.2) is 193 Å². The SMILES string of the molecule is C1=CCC(C2NC(c3ccccc3)N2c2ccc(-n3c4ccc(-c5ccccc5)cc4c4ccc(-c5cccc6c5oc5ccccc56)cc43)cc2)C=C1. The van der Waals surface area contributed by atoms with Crippen LogP contribution in [0.25, 0.3) is 71.7 Å². The summed E-state index contributed by atoms with van der Waals surface area (Å²) in [4.78, 5) is 2.55. The molecule has 9 aromatic rings. The second-order valence-corrected chi connectivity index (χ2v) is 14.5. The average molecular weight is 696 g/mol. The summed E-state index contributed by atoms with van der Waals surface area (Å²) in [6.07, 6.45) is 10.3. The quantitative estimate of drug-likeness (QED) is 0.188. The zero-order valence-corrected chi connectivity index (χ0v) is 29.6. The van der Waals surface area contributed by atoms with Crippen LogP contribution in [-0.2, 0) is 0 Å². The molecule has 0 amide bonds. The van der Waals surface area contributed by atoms with Crippen molar-refractivity contribution < 1.29 is 4.42 Å². The molecule has 1 fully saturated rings. The van der Waals surface area contributed by atoms with Gasteiger partial charge in [-0.1, -0.05) is 140 Å². The minimum atomic E-state index is 0.120. The lowest BCUT2D eigenvalue weighted by Gasteiger charge is -2.54. The maximum Gasteiger partial charge on any atom is 0.143 e. The summed E-state index contributed by atoms with van der Waals surface area (Å²) in [6.45, 7) is 0. The summed E-state index contributed by atoms with van der Waals surface area (Å²) < 4.78 is 8.94. The lowest BCUT2D eigenvalue weighted by Crippen LogP contribution is -2.66. The van der Waals surface area contributed by atoms with E-state index in [0.717, 1.165) is 45.2 Å². The maximum atomic E-state index is 6.51. The van der Waals surface area contributed by atoms with Gasteiger partial charge in [0.15, 0.2) is 0 Å². The predicted octanol–water partition coefficient (Wildman–Crippen LogP) is 12.6. The van der Waals surface area contributed by atoms with E-state index in [0.29, 0.717) is 5.92 Å². The molecule has 0 saturated carbocycles. The van der Waals surface area contributed by atoms with Crippen molar-refractivity contribution in [1.29, 1.82) is 0 Å². The molecule has 3 heterocycles. The molecule has 0 bridgehead atoms. The van der Waals surface area contributed by atoms with Crippen LogP contribution in [0.3, 0.4) is 0 Å². The van der Waals surface area contributed by atoms with Crippen LogP contribution in [-0.4, -0.2) is 10.7 Å². The van der Waals surface area contributed by atoms with Gasteiger partial charge in [0.1, 0.15) is 17.3 Å². The van der Waals surface area contributed by atoms with E-state index in [9.17, 15) is 0 Å². The van der Waals surface area contributed by atoms with Gasteiger partial charge in [0.2, 0.25) is 0 Å². The van der Waals surface area contributed by atoms with E-state index in [1.165, 1.54) is 44.2 Å². The van der Waals surface area contributed by atoms with Crippen LogP contribution in [0.5, 0.6) is 0 Å². The maximum absolute atomic E-state index is 6.51. The Morgan fingerprint density at radius 2 is 1.30 bits per heavy atom. The Morgan fingerprint density at radius 1 is 0.537 bits per heavy atom. The zero-order valence-electron chi connectivity index (χ0n) is 29.6. The highest BCUT2D eigenvalue weighted by Crippen LogP contribution is 2.42. The van der Waals surface area contributed by atoms with E-state index in [1.807, 2.05) is 6.07 Å². The third kappa shape index (κ3) is 4.95. The Morgan fingerprint density at radius 3 is 2.13 bits per heavy atom. The van der Waals surface area contributed by atoms with Crippen LogP contribution in [0.4, 0.5) is 5.69 Å². The van der Waals surface area contributed by atoms with E-state index < -0.39 is 0 Å². The summed E-state index contributed by atoms with van der Waals surface area (Å²) in [5.41, 5.74) is 12.4. The molecule has 54 heavy (non-hydrogen) atoms. The summed E-state index contributed by atoms with van der Waals surface area (Å²) in [7, 11) is 0. The van der Waals surface area contributed by atoms with Crippen LogP contribution < -0.4 is 10.2 Å². The first-order chi connectivity index (χ1) is 26.8. The molecule has 3 atom stereocenters. The molecule has 11 rings (SSSR count). The van der Waals surface area contributed by atoms with Crippen molar-refractivity contribution in [1.82, 2.24) is 9.88 Å². The number of aromatic nitrogens is 1. The predicted molar refractivity (Wildman–Crippen MR) is 224 cm³/mol. The van der Waals surface area contributed by atoms with Gasteiger partial charge in [-0.05, 0) is 77.2 Å². The third-order valence-corrected chi connectivity index (χ3v) is 11.4. The molecule has 2 aromatic heterocycles. The second kappa shape index (κ2) is 12.5. The van der Waals surface area contributed by atoms with Gasteiger partial charge in [0, 0.05) is 44.4 Å². The van der Waals surface area contributed by atoms with E-state index in [2.05, 4.69) is 197 Å². The normalized spacial score (nSPS) is 18.2. The first-order valence-corrected chi connectivity index (χ1v) is 18.9. The molecule has 4 heteroatoms. The number of rotatable bonds is 6. The van der Waals surface area contributed by atoms with Gasteiger partial charge < -0.3 is 13.9 Å². The standard InChI is InChI=1S/C50H37N3O/c1-4-13-33(14-5-1)36-24-30-45-44(31-36)41-29-23-37(40-20-12-21-43-42-19-10-11-22-47(42)54-48(40)43)32-46(41)52(45)38-25-27-39(28-26-38)53-49(34-15-6-2-7-16-34)51-50(53)35-17-8-3-9-18-35/h1-17,19-32,35,49-51H,18H2. The number of furan rings is 1. The van der Waals surface area contributed by atoms with Gasteiger partial charge in [-0.2, -0.15) is 0 Å². The topological polar surface area (TPSA) is 33.3 Å². The molecule has 2 aliphatic rings. The number of anilines is 1. The lowest BCUT2D eigenvalue weighted by atomic mass is 9.91. The molecule has 0 radical (unpaired) electrons. The first-order valence-electron chi connectivity index (χ1n) is 18.9. The van der Waals surface area contributed by atoms with E-state index >= 15 is 0 Å². The van der Waals surface area contributed by atoms with Gasteiger partial charge in [-0.25, -0.2) is 0 Å². The smallest absolute Gasteiger partial charge is 0.143 e. The molecular weight excluding hydrogens is 659 g/mol. The fraction of sp³-hybridized carbons (Fsp3) is 0.0800. The van der Waals surface area contributed by atoms with Gasteiger partial charge in [0.05, 0.1) is 17.2 Å². The van der Waals surface area contributed by atoms with E-state index in [1.54, 1.807) is 0 Å². The molecule has 4 nitrogen and oxygen atoms in total. The van der Waals surface area contributed by atoms with E-state index in [4.69, 9.17) is 4.42 Å². The fourth-order valence-corrected chi connectivity index (χ4v) is 8.79. The minimum Gasteiger partial charge on any atom is -0.455 e. The minimum absolute atomic E-state index is 0.120. The summed E-state index contributed by atoms with van der Waals surface area (Å²) >= 11 is 0. The molecule has 1 aliphatic carbocycles. The Labute approximate surface area is 313 Å². The highest BCUT2D eigenvalue weighted by molar-refractivity contribution is 6.13. The van der Waals surface area contributed by atoms with E-state index in [-0.39, 0.29) is 12.3 Å². The molecule has 258 valence electrons. The van der Waals surface area contributed by atoms with Gasteiger partial charge >= 0.3 is 0 Å². The summed E-state index contributed by atoms with van der Waals surface area (Å²) in [5, 5.41) is 8.63. The third-order valence-electron chi connectivity index (χ3n) is 11.4. The lowest BCUT2D eigenvalue weighted by molar-refractivity contribution is 0.221. The number of fused-ring (bicyclic) bond motifs is 6. The van der Waals surface area contributed by atoms with Crippen molar-refractivity contribution in [3.05, 3.63) is 194 Å². The monoisotopic (exact) mass is 695 g/mol. The number of benzene rings is 7. The highest BCUT2D eigenvalue weighted by atomic mass is 16.3. The van der Waals surface area contributed by atoms with Gasteiger partial charge in [-0.3, -0.25) is 5.32 Å². The summed E-state index contributed by atoms with van der Waals surface area (Å²) in [6, 6.07) is 59.2. The molecule has 1 saturated heterocycles. The summed E-state index contributed by atoms with van der Waals surface area (Å²) in [5.74, 6) is 0.403. The van der Waals surface area contributed by atoms with Crippen molar-refractivity contribution >= 4 is 49.4 Å². The molecule has 0 spiro atoms. The molecule has 3 unspecified atom stereocenters. The number of hydrogen-bond donors (Lipinski definition) is 1. The molecular formula is C50H37N3O. The van der Waals surface area contributed by atoms with Crippen LogP contribution in [0, 0.1) is 5.92 Å². The van der Waals surface area contributed by atoms with Gasteiger partial charge in [-0.15, -0.1) is 0 Å². The van der Waals surface area contributed by atoms with Crippen LogP contribution in [0.2, 0.25) is 0 Å². The van der Waals surface area contributed by atoms with Crippen molar-refractivity contribution in [3.63, 3.8) is 0 Å². The van der Waals surface area contributed by atoms with Crippen LogP contribution >= 0.6 is 0 Å². The number of nitrogens with one attached hydrogen (secondary N) is 1. The fourth-order valence-electron chi connectivity index (χ4n) is 8.79. The Hall–Kier alpha value is -6.62. The van der Waals surface area contributed by atoms with Crippen LogP contribution in [0.1, 0.15) is 18.2 Å². The molecule has 1 aliphatic heterocycles. The molecule has 1 N–H and O–H groups in total. The second-order valence-electron chi connectivity index (χ2n) is 14.5.